The zero-order chi connectivity index (χ0) is 33.4. The van der Waals surface area contributed by atoms with E-state index >= 15 is 0 Å². The number of anilines is 2. The number of nitro groups is 1. The highest BCUT2D eigenvalue weighted by Gasteiger charge is 2.70. The standard InChI is InChI=1S/C34H27ClN4O7S2/c1-15-2-5-17(6-3-15)36-24(40)14-46-23-11-4-16(35)12-20(23)25-26-21-13-22(29(26)47-31-30(25)48-34(43)37-31)28-27(21)32(41)38(33(28)42)18-7-9-19(10-8-18)39(44)45/h2-12,21-22,25-29H,13-14H2,1H3,(H,36,40)(H,37,43)/t21-,22-,25-,26?,27?,28?,29?/m1/s1. The van der Waals surface area contributed by atoms with E-state index in [2.05, 4.69) is 10.3 Å². The Kier molecular flexibility index (Phi) is 7.46. The number of non-ortho nitro benzene ring substituents is 1. The minimum absolute atomic E-state index is 0.0794. The molecule has 4 aliphatic rings. The maximum atomic E-state index is 14.1. The zero-order valence-corrected chi connectivity index (χ0v) is 27.6. The fraction of sp³-hybridized carbons (Fsp3) is 0.294. The number of benzene rings is 3. The average molecular weight is 703 g/mol. The van der Waals surface area contributed by atoms with Crippen molar-refractivity contribution in [3.63, 3.8) is 0 Å². The van der Waals surface area contributed by atoms with Crippen molar-refractivity contribution in [3.05, 3.63) is 108 Å². The van der Waals surface area contributed by atoms with Gasteiger partial charge in [0.1, 0.15) is 5.75 Å². The first-order chi connectivity index (χ1) is 23.1. The molecule has 48 heavy (non-hydrogen) atoms. The van der Waals surface area contributed by atoms with Crippen LogP contribution in [0.3, 0.4) is 0 Å². The number of aromatic nitrogens is 1. The van der Waals surface area contributed by atoms with Crippen molar-refractivity contribution in [1.29, 1.82) is 0 Å². The molecule has 1 aromatic heterocycles. The first-order valence-corrected chi connectivity index (χ1v) is 17.5. The number of hydrogen-bond acceptors (Lipinski definition) is 9. The Hall–Kier alpha value is -4.46. The molecule has 2 N–H and O–H groups in total. The van der Waals surface area contributed by atoms with Crippen LogP contribution in [0.5, 0.6) is 5.75 Å². The van der Waals surface area contributed by atoms with Crippen molar-refractivity contribution < 1.29 is 24.0 Å². The number of thiazole rings is 1. The van der Waals surface area contributed by atoms with Gasteiger partial charge in [-0.3, -0.25) is 34.2 Å². The smallest absolute Gasteiger partial charge is 0.305 e. The average Bonchev–Trinajstić information content (AvgIpc) is 3.80. The van der Waals surface area contributed by atoms with Crippen LogP contribution < -0.4 is 19.8 Å². The number of rotatable bonds is 7. The van der Waals surface area contributed by atoms with Crippen molar-refractivity contribution in [2.75, 3.05) is 16.8 Å². The van der Waals surface area contributed by atoms with Crippen molar-refractivity contribution in [1.82, 2.24) is 4.98 Å². The van der Waals surface area contributed by atoms with Crippen LogP contribution in [0.25, 0.3) is 0 Å². The number of nitrogens with one attached hydrogen (secondary N) is 2. The Bertz CT molecular complexity index is 2060. The summed E-state index contributed by atoms with van der Waals surface area (Å²) in [5.41, 5.74) is 2.62. The molecular weight excluding hydrogens is 676 g/mol. The highest BCUT2D eigenvalue weighted by Crippen LogP contribution is 2.69. The number of amides is 3. The van der Waals surface area contributed by atoms with Crippen LogP contribution in [0.2, 0.25) is 5.02 Å². The molecule has 8 rings (SSSR count). The van der Waals surface area contributed by atoms with Crippen molar-refractivity contribution >= 4 is 69.5 Å². The highest BCUT2D eigenvalue weighted by molar-refractivity contribution is 8.00. The quantitative estimate of drug-likeness (QED) is 0.135. The molecular formula is C34H27ClN4O7S2. The number of hydrogen-bond donors (Lipinski definition) is 2. The fourth-order valence-electron chi connectivity index (χ4n) is 8.21. The largest absolute Gasteiger partial charge is 0.483 e. The number of thioether (sulfide) groups is 1. The highest BCUT2D eigenvalue weighted by atomic mass is 35.5. The number of ether oxygens (including phenoxy) is 1. The van der Waals surface area contributed by atoms with E-state index < -0.39 is 16.8 Å². The molecule has 2 bridgehead atoms. The first-order valence-electron chi connectivity index (χ1n) is 15.4. The van der Waals surface area contributed by atoms with E-state index in [9.17, 15) is 29.3 Å². The van der Waals surface area contributed by atoms with E-state index in [1.54, 1.807) is 30.0 Å². The minimum Gasteiger partial charge on any atom is -0.483 e. The van der Waals surface area contributed by atoms with Crippen LogP contribution in [0.4, 0.5) is 17.1 Å². The van der Waals surface area contributed by atoms with Crippen LogP contribution in [0, 0.1) is 46.6 Å². The van der Waals surface area contributed by atoms with E-state index in [0.29, 0.717) is 34.1 Å². The topological polar surface area (TPSA) is 152 Å². The minimum atomic E-state index is -0.567. The number of halogens is 1. The number of aryl methyl sites for hydroxylation is 1. The third-order valence-electron chi connectivity index (χ3n) is 10.0. The van der Waals surface area contributed by atoms with Crippen LogP contribution >= 0.6 is 34.7 Å². The molecule has 0 radical (unpaired) electrons. The van der Waals surface area contributed by atoms with Crippen molar-refractivity contribution in [2.45, 2.75) is 29.5 Å². The lowest BCUT2D eigenvalue weighted by atomic mass is 9.68. The van der Waals surface area contributed by atoms with Crippen LogP contribution in [-0.2, 0) is 14.4 Å². The molecule has 0 spiro atoms. The monoisotopic (exact) mass is 702 g/mol. The molecule has 4 aromatic rings. The normalized spacial score (nSPS) is 26.6. The lowest BCUT2D eigenvalue weighted by Gasteiger charge is -2.43. The van der Waals surface area contributed by atoms with E-state index in [0.717, 1.165) is 26.8 Å². The van der Waals surface area contributed by atoms with Gasteiger partial charge in [-0.2, -0.15) is 0 Å². The van der Waals surface area contributed by atoms with Gasteiger partial charge in [0.15, 0.2) is 6.61 Å². The summed E-state index contributed by atoms with van der Waals surface area (Å²) in [6.07, 6.45) is 0.675. The molecule has 4 unspecified atom stereocenters. The van der Waals surface area contributed by atoms with Gasteiger partial charge in [0.25, 0.3) is 11.6 Å². The predicted octanol–water partition coefficient (Wildman–Crippen LogP) is 6.00. The third-order valence-corrected chi connectivity index (χ3v) is 12.9. The van der Waals surface area contributed by atoms with Crippen LogP contribution in [0.1, 0.15) is 28.3 Å². The van der Waals surface area contributed by atoms with Gasteiger partial charge >= 0.3 is 4.87 Å². The SMILES string of the molecule is Cc1ccc(NC(=O)COc2ccc(Cl)cc2[C@H]2c3sc(=O)[nH]c3SC3C2[C@H]2C[C@@H]3C3C(=O)N(c4ccc([N+](=O)[O-])cc4)C(=O)C32)cc1. The molecule has 2 saturated carbocycles. The van der Waals surface area contributed by atoms with Gasteiger partial charge in [0, 0.05) is 44.5 Å². The molecule has 2 aliphatic carbocycles. The summed E-state index contributed by atoms with van der Waals surface area (Å²) >= 11 is 9.23. The Balaban J connectivity index is 1.13. The van der Waals surface area contributed by atoms with E-state index in [1.165, 1.54) is 29.2 Å². The lowest BCUT2D eigenvalue weighted by Crippen LogP contribution is -2.42. The fourth-order valence-corrected chi connectivity index (χ4v) is 11.3. The second-order valence-corrected chi connectivity index (χ2v) is 15.3. The Morgan fingerprint density at radius 2 is 1.75 bits per heavy atom. The van der Waals surface area contributed by atoms with Gasteiger partial charge < -0.3 is 15.0 Å². The van der Waals surface area contributed by atoms with Gasteiger partial charge in [0.2, 0.25) is 11.8 Å². The van der Waals surface area contributed by atoms with Crippen molar-refractivity contribution in [2.24, 2.45) is 29.6 Å². The molecule has 14 heteroatoms. The molecule has 7 atom stereocenters. The lowest BCUT2D eigenvalue weighted by molar-refractivity contribution is -0.384. The number of fused-ring (bicyclic) bond motifs is 9. The summed E-state index contributed by atoms with van der Waals surface area (Å²) in [5, 5.41) is 15.2. The van der Waals surface area contributed by atoms with Crippen LogP contribution in [0.15, 0.2) is 76.6 Å². The summed E-state index contributed by atoms with van der Waals surface area (Å²) in [6.45, 7) is 1.70. The molecule has 1 saturated heterocycles. The van der Waals surface area contributed by atoms with E-state index in [-0.39, 0.29) is 63.8 Å². The molecule has 3 heterocycles. The molecule has 3 aromatic carbocycles. The Morgan fingerprint density at radius 1 is 1.04 bits per heavy atom. The molecule has 3 amide bonds. The first kappa shape index (κ1) is 30.8. The Labute approximate surface area is 286 Å². The number of carbonyl (C=O) groups is 3. The summed E-state index contributed by atoms with van der Waals surface area (Å²) in [7, 11) is 0. The summed E-state index contributed by atoms with van der Waals surface area (Å²) in [5.74, 6) is -2.40. The number of H-pyrrole nitrogens is 1. The van der Waals surface area contributed by atoms with Gasteiger partial charge in [-0.25, -0.2) is 0 Å². The number of imide groups is 1. The maximum Gasteiger partial charge on any atom is 0.305 e. The summed E-state index contributed by atoms with van der Waals surface area (Å²) in [6, 6.07) is 18.1. The number of aromatic amines is 1. The summed E-state index contributed by atoms with van der Waals surface area (Å²) in [4.78, 5) is 69.1. The predicted molar refractivity (Wildman–Crippen MR) is 181 cm³/mol. The van der Waals surface area contributed by atoms with Crippen LogP contribution in [-0.4, -0.2) is 39.5 Å². The van der Waals surface area contributed by atoms with E-state index in [1.807, 2.05) is 31.2 Å². The van der Waals surface area contributed by atoms with Gasteiger partial charge in [-0.05, 0) is 73.6 Å². The van der Waals surface area contributed by atoms with Gasteiger partial charge in [0.05, 0.1) is 27.5 Å². The summed E-state index contributed by atoms with van der Waals surface area (Å²) < 4.78 is 6.14. The number of nitrogens with zero attached hydrogens (tertiary/aromatic N) is 2. The Morgan fingerprint density at radius 3 is 2.46 bits per heavy atom. The molecule has 11 nitrogen and oxygen atoms in total. The van der Waals surface area contributed by atoms with Crippen molar-refractivity contribution in [3.8, 4) is 5.75 Å². The number of carbonyl (C=O) groups excluding carboxylic acids is 3. The van der Waals surface area contributed by atoms with Gasteiger partial charge in [-0.1, -0.05) is 40.6 Å². The molecule has 244 valence electrons. The molecule has 2 aliphatic heterocycles. The number of nitro benzene ring substituents is 1. The maximum absolute atomic E-state index is 14.1. The second-order valence-electron chi connectivity index (χ2n) is 12.6. The zero-order valence-electron chi connectivity index (χ0n) is 25.3. The third kappa shape index (κ3) is 4.94. The van der Waals surface area contributed by atoms with Gasteiger partial charge in [-0.15, -0.1) is 11.8 Å². The molecule has 3 fully saturated rings. The second kappa shape index (κ2) is 11.6. The van der Waals surface area contributed by atoms with E-state index in [4.69, 9.17) is 16.3 Å².